The van der Waals surface area contributed by atoms with Crippen LogP contribution in [-0.4, -0.2) is 59.1 Å². The number of carbonyl (C=O) groups is 1. The maximum atomic E-state index is 12.5. The fraction of sp³-hybridized carbons (Fsp3) is 0.500. The molecule has 0 saturated carbocycles. The van der Waals surface area contributed by atoms with Crippen LogP contribution < -0.4 is 10.1 Å². The lowest BCUT2D eigenvalue weighted by Crippen LogP contribution is -2.30. The average Bonchev–Trinajstić information content (AvgIpc) is 3.17. The highest BCUT2D eigenvalue weighted by atomic mass is 35.5. The fourth-order valence-electron chi connectivity index (χ4n) is 2.94. The second kappa shape index (κ2) is 9.00. The molecule has 1 amide bonds. The number of piperidine rings is 1. The number of halogens is 1. The minimum absolute atomic E-state index is 0.114. The van der Waals surface area contributed by atoms with E-state index in [1.165, 1.54) is 0 Å². The number of hydrogen-bond acceptors (Lipinski definition) is 5. The molecule has 1 aliphatic heterocycles. The van der Waals surface area contributed by atoms with Gasteiger partial charge in [0.15, 0.2) is 5.69 Å². The number of aromatic nitrogens is 3. The summed E-state index contributed by atoms with van der Waals surface area (Å²) in [6.45, 7) is 3.07. The number of benzene rings is 1. The minimum Gasteiger partial charge on any atom is -0.494 e. The Morgan fingerprint density at radius 1 is 1.35 bits per heavy atom. The Labute approximate surface area is 158 Å². The number of nitrogens with zero attached hydrogens (tertiary/aromatic N) is 4. The van der Waals surface area contributed by atoms with Crippen LogP contribution in [0, 0.1) is 0 Å². The van der Waals surface area contributed by atoms with E-state index >= 15 is 0 Å². The van der Waals surface area contributed by atoms with Crippen LogP contribution in [-0.2, 0) is 0 Å². The molecule has 140 valence electrons. The first kappa shape index (κ1) is 18.7. The van der Waals surface area contributed by atoms with Crippen molar-refractivity contribution in [2.24, 2.45) is 0 Å². The standard InChI is InChI=1S/C18H24ClN5O2/c1-23(11-2-12-26-16-5-3-14(19)4-6-16)18(25)17-13-24(22-21-17)15-7-9-20-10-8-15/h3-6,13,15,20H,2,7-12H2,1H3. The molecule has 1 aromatic carbocycles. The van der Waals surface area contributed by atoms with Crippen LogP contribution in [0.5, 0.6) is 5.75 Å². The van der Waals surface area contributed by atoms with Gasteiger partial charge in [-0.15, -0.1) is 5.10 Å². The Kier molecular flexibility index (Phi) is 6.46. The van der Waals surface area contributed by atoms with Gasteiger partial charge < -0.3 is 15.0 Å². The molecular formula is C18H24ClN5O2. The largest absolute Gasteiger partial charge is 0.494 e. The Bertz CT molecular complexity index is 713. The molecule has 3 rings (SSSR count). The first-order chi connectivity index (χ1) is 12.6. The van der Waals surface area contributed by atoms with Gasteiger partial charge in [-0.3, -0.25) is 4.79 Å². The maximum Gasteiger partial charge on any atom is 0.275 e. The predicted molar refractivity (Wildman–Crippen MR) is 99.7 cm³/mol. The highest BCUT2D eigenvalue weighted by Crippen LogP contribution is 2.18. The van der Waals surface area contributed by atoms with E-state index in [0.717, 1.165) is 38.1 Å². The number of carbonyl (C=O) groups excluding carboxylic acids is 1. The van der Waals surface area contributed by atoms with Crippen molar-refractivity contribution in [2.45, 2.75) is 25.3 Å². The minimum atomic E-state index is -0.114. The van der Waals surface area contributed by atoms with Crippen LogP contribution in [0.15, 0.2) is 30.5 Å². The number of rotatable bonds is 7. The highest BCUT2D eigenvalue weighted by Gasteiger charge is 2.20. The van der Waals surface area contributed by atoms with Gasteiger partial charge in [0, 0.05) is 18.6 Å². The summed E-state index contributed by atoms with van der Waals surface area (Å²) in [7, 11) is 1.77. The lowest BCUT2D eigenvalue weighted by Gasteiger charge is -2.22. The van der Waals surface area contributed by atoms with Crippen molar-refractivity contribution in [1.29, 1.82) is 0 Å². The molecule has 2 heterocycles. The van der Waals surface area contributed by atoms with Crippen molar-refractivity contribution in [3.63, 3.8) is 0 Å². The van der Waals surface area contributed by atoms with Gasteiger partial charge in [-0.05, 0) is 56.6 Å². The lowest BCUT2D eigenvalue weighted by molar-refractivity contribution is 0.0782. The van der Waals surface area contributed by atoms with Gasteiger partial charge in [0.05, 0.1) is 18.8 Å². The van der Waals surface area contributed by atoms with Gasteiger partial charge in [0.25, 0.3) is 5.91 Å². The number of ether oxygens (including phenoxy) is 1. The summed E-state index contributed by atoms with van der Waals surface area (Å²) in [5.41, 5.74) is 0.393. The van der Waals surface area contributed by atoms with Crippen LogP contribution in [0.25, 0.3) is 0 Å². The zero-order valence-electron chi connectivity index (χ0n) is 14.9. The first-order valence-corrected chi connectivity index (χ1v) is 9.27. The zero-order valence-corrected chi connectivity index (χ0v) is 15.7. The average molecular weight is 378 g/mol. The second-order valence-corrected chi connectivity index (χ2v) is 6.88. The van der Waals surface area contributed by atoms with E-state index in [1.807, 2.05) is 16.8 Å². The predicted octanol–water partition coefficient (Wildman–Crippen LogP) is 2.40. The second-order valence-electron chi connectivity index (χ2n) is 6.45. The summed E-state index contributed by atoms with van der Waals surface area (Å²) < 4.78 is 7.47. The molecule has 1 saturated heterocycles. The van der Waals surface area contributed by atoms with Crippen molar-refractivity contribution in [3.05, 3.63) is 41.2 Å². The van der Waals surface area contributed by atoms with E-state index in [2.05, 4.69) is 15.6 Å². The topological polar surface area (TPSA) is 72.3 Å². The summed E-state index contributed by atoms with van der Waals surface area (Å²) in [4.78, 5) is 14.1. The zero-order chi connectivity index (χ0) is 18.4. The van der Waals surface area contributed by atoms with Gasteiger partial charge in [-0.2, -0.15) is 0 Å². The van der Waals surface area contributed by atoms with E-state index in [-0.39, 0.29) is 5.91 Å². The molecule has 7 nitrogen and oxygen atoms in total. The molecule has 0 spiro atoms. The van der Waals surface area contributed by atoms with E-state index in [9.17, 15) is 4.79 Å². The van der Waals surface area contributed by atoms with Crippen LogP contribution in [0.2, 0.25) is 5.02 Å². The molecule has 1 fully saturated rings. The van der Waals surface area contributed by atoms with E-state index in [0.29, 0.717) is 29.9 Å². The summed E-state index contributed by atoms with van der Waals surface area (Å²) >= 11 is 5.84. The summed E-state index contributed by atoms with van der Waals surface area (Å²) in [5.74, 6) is 0.657. The van der Waals surface area contributed by atoms with Crippen molar-refractivity contribution >= 4 is 17.5 Å². The molecule has 0 atom stereocenters. The van der Waals surface area contributed by atoms with Crippen molar-refractivity contribution in [3.8, 4) is 5.75 Å². The molecule has 2 aromatic rings. The molecule has 0 aliphatic carbocycles. The summed E-state index contributed by atoms with van der Waals surface area (Å²) in [6.07, 6.45) is 4.51. The Morgan fingerprint density at radius 3 is 2.81 bits per heavy atom. The van der Waals surface area contributed by atoms with Crippen LogP contribution in [0.4, 0.5) is 0 Å². The molecule has 1 aliphatic rings. The Hall–Kier alpha value is -2.12. The van der Waals surface area contributed by atoms with Crippen LogP contribution >= 0.6 is 11.6 Å². The van der Waals surface area contributed by atoms with Gasteiger partial charge >= 0.3 is 0 Å². The molecule has 0 unspecified atom stereocenters. The molecule has 0 radical (unpaired) electrons. The third kappa shape index (κ3) is 4.95. The van der Waals surface area contributed by atoms with Crippen molar-refractivity contribution < 1.29 is 9.53 Å². The van der Waals surface area contributed by atoms with Gasteiger partial charge in [0.1, 0.15) is 5.75 Å². The molecule has 8 heteroatoms. The lowest BCUT2D eigenvalue weighted by atomic mass is 10.1. The highest BCUT2D eigenvalue weighted by molar-refractivity contribution is 6.30. The SMILES string of the molecule is CN(CCCOc1ccc(Cl)cc1)C(=O)c1cn(C2CCNCC2)nn1. The quantitative estimate of drug-likeness (QED) is 0.750. The van der Waals surface area contributed by atoms with Gasteiger partial charge in [-0.25, -0.2) is 4.68 Å². The Balaban J connectivity index is 1.44. The Morgan fingerprint density at radius 2 is 2.08 bits per heavy atom. The number of hydrogen-bond donors (Lipinski definition) is 1. The van der Waals surface area contributed by atoms with E-state index in [1.54, 1.807) is 30.3 Å². The van der Waals surface area contributed by atoms with E-state index in [4.69, 9.17) is 16.3 Å². The summed E-state index contributed by atoms with van der Waals surface area (Å²) in [6, 6.07) is 7.56. The third-order valence-electron chi connectivity index (χ3n) is 4.48. The van der Waals surface area contributed by atoms with Gasteiger partial charge in [0.2, 0.25) is 0 Å². The third-order valence-corrected chi connectivity index (χ3v) is 4.73. The molecular weight excluding hydrogens is 354 g/mol. The molecule has 26 heavy (non-hydrogen) atoms. The summed E-state index contributed by atoms with van der Waals surface area (Å²) in [5, 5.41) is 12.2. The smallest absolute Gasteiger partial charge is 0.275 e. The first-order valence-electron chi connectivity index (χ1n) is 8.90. The molecule has 1 N–H and O–H groups in total. The monoisotopic (exact) mass is 377 g/mol. The van der Waals surface area contributed by atoms with Crippen LogP contribution in [0.1, 0.15) is 35.8 Å². The molecule has 1 aromatic heterocycles. The molecule has 0 bridgehead atoms. The van der Waals surface area contributed by atoms with Crippen LogP contribution in [0.3, 0.4) is 0 Å². The number of amides is 1. The normalized spacial score (nSPS) is 15.0. The number of nitrogens with one attached hydrogen (secondary N) is 1. The van der Waals surface area contributed by atoms with Crippen molar-refractivity contribution in [2.75, 3.05) is 33.3 Å². The van der Waals surface area contributed by atoms with E-state index < -0.39 is 0 Å². The maximum absolute atomic E-state index is 12.5. The van der Waals surface area contributed by atoms with Gasteiger partial charge in [-0.1, -0.05) is 16.8 Å². The fourth-order valence-corrected chi connectivity index (χ4v) is 3.07. The van der Waals surface area contributed by atoms with Crippen molar-refractivity contribution in [1.82, 2.24) is 25.2 Å².